The molecule has 0 saturated heterocycles. The van der Waals surface area contributed by atoms with Crippen molar-refractivity contribution in [3.05, 3.63) is 23.8 Å². The smallest absolute Gasteiger partial charge is 0.311 e. The van der Waals surface area contributed by atoms with E-state index >= 15 is 0 Å². The SMILES string of the molecule is CCOC(=O)Cc1cc(C)nc2ncnn12. The van der Waals surface area contributed by atoms with E-state index in [4.69, 9.17) is 4.74 Å². The van der Waals surface area contributed by atoms with E-state index in [1.54, 1.807) is 17.5 Å². The monoisotopic (exact) mass is 220 g/mol. The minimum absolute atomic E-state index is 0.178. The van der Waals surface area contributed by atoms with E-state index in [-0.39, 0.29) is 12.4 Å². The molecule has 0 amide bonds. The van der Waals surface area contributed by atoms with Gasteiger partial charge in [-0.3, -0.25) is 4.79 Å². The van der Waals surface area contributed by atoms with Gasteiger partial charge in [0.1, 0.15) is 6.33 Å². The molecule has 6 nitrogen and oxygen atoms in total. The van der Waals surface area contributed by atoms with Crippen LogP contribution in [0.2, 0.25) is 0 Å². The molecule has 0 atom stereocenters. The van der Waals surface area contributed by atoms with Crippen LogP contribution < -0.4 is 0 Å². The highest BCUT2D eigenvalue weighted by molar-refractivity contribution is 5.72. The molecule has 0 fully saturated rings. The molecular weight excluding hydrogens is 208 g/mol. The summed E-state index contributed by atoms with van der Waals surface area (Å²) >= 11 is 0. The molecule has 16 heavy (non-hydrogen) atoms. The number of carbonyl (C=O) groups is 1. The molecular formula is C10H12N4O2. The van der Waals surface area contributed by atoms with Gasteiger partial charge in [0.05, 0.1) is 18.7 Å². The zero-order valence-electron chi connectivity index (χ0n) is 9.17. The van der Waals surface area contributed by atoms with Crippen molar-refractivity contribution in [1.82, 2.24) is 19.6 Å². The summed E-state index contributed by atoms with van der Waals surface area (Å²) in [4.78, 5) is 19.6. The van der Waals surface area contributed by atoms with Crippen molar-refractivity contribution < 1.29 is 9.53 Å². The molecule has 0 spiro atoms. The lowest BCUT2D eigenvalue weighted by Gasteiger charge is -2.04. The predicted octanol–water partition coefficient (Wildman–Crippen LogP) is 0.538. The molecule has 2 heterocycles. The number of ether oxygens (including phenoxy) is 1. The Kier molecular flexibility index (Phi) is 2.80. The van der Waals surface area contributed by atoms with E-state index in [0.717, 1.165) is 11.4 Å². The van der Waals surface area contributed by atoms with Crippen LogP contribution in [0.3, 0.4) is 0 Å². The van der Waals surface area contributed by atoms with Gasteiger partial charge in [0.15, 0.2) is 0 Å². The molecule has 0 N–H and O–H groups in total. The third-order valence-corrected chi connectivity index (χ3v) is 2.08. The first-order chi connectivity index (χ1) is 7.70. The lowest BCUT2D eigenvalue weighted by Crippen LogP contribution is -2.12. The summed E-state index contributed by atoms with van der Waals surface area (Å²) in [5.41, 5.74) is 1.54. The maximum absolute atomic E-state index is 11.4. The van der Waals surface area contributed by atoms with E-state index in [1.807, 2.05) is 6.92 Å². The number of aromatic nitrogens is 4. The Hall–Kier alpha value is -1.98. The molecule has 0 aromatic carbocycles. The van der Waals surface area contributed by atoms with Gasteiger partial charge in [0.2, 0.25) is 0 Å². The topological polar surface area (TPSA) is 69.4 Å². The number of nitrogens with zero attached hydrogens (tertiary/aromatic N) is 4. The minimum atomic E-state index is -0.273. The Morgan fingerprint density at radius 3 is 3.12 bits per heavy atom. The first kappa shape index (κ1) is 10.5. The highest BCUT2D eigenvalue weighted by Crippen LogP contribution is 2.06. The van der Waals surface area contributed by atoms with Crippen molar-refractivity contribution in [2.45, 2.75) is 20.3 Å². The van der Waals surface area contributed by atoms with Crippen molar-refractivity contribution in [3.8, 4) is 0 Å². The third-order valence-electron chi connectivity index (χ3n) is 2.08. The molecule has 2 aromatic heterocycles. The number of rotatable bonds is 3. The quantitative estimate of drug-likeness (QED) is 0.706. The molecule has 2 aromatic rings. The summed E-state index contributed by atoms with van der Waals surface area (Å²) in [5, 5.41) is 4.01. The van der Waals surface area contributed by atoms with E-state index in [1.165, 1.54) is 6.33 Å². The first-order valence-corrected chi connectivity index (χ1v) is 5.02. The largest absolute Gasteiger partial charge is 0.466 e. The number of hydrogen-bond acceptors (Lipinski definition) is 5. The van der Waals surface area contributed by atoms with Crippen LogP contribution >= 0.6 is 0 Å². The zero-order valence-corrected chi connectivity index (χ0v) is 9.17. The van der Waals surface area contributed by atoms with Gasteiger partial charge in [0, 0.05) is 5.69 Å². The summed E-state index contributed by atoms with van der Waals surface area (Å²) in [7, 11) is 0. The zero-order chi connectivity index (χ0) is 11.5. The van der Waals surface area contributed by atoms with Gasteiger partial charge in [0.25, 0.3) is 5.78 Å². The highest BCUT2D eigenvalue weighted by Gasteiger charge is 2.10. The van der Waals surface area contributed by atoms with Crippen LogP contribution in [0.5, 0.6) is 0 Å². The Labute approximate surface area is 92.3 Å². The van der Waals surface area contributed by atoms with Crippen LogP contribution in [-0.4, -0.2) is 32.2 Å². The van der Waals surface area contributed by atoms with E-state index < -0.39 is 0 Å². The number of aryl methyl sites for hydroxylation is 1. The van der Waals surface area contributed by atoms with Crippen LogP contribution in [0.15, 0.2) is 12.4 Å². The average molecular weight is 220 g/mol. The van der Waals surface area contributed by atoms with Crippen LogP contribution in [0.25, 0.3) is 5.78 Å². The van der Waals surface area contributed by atoms with Gasteiger partial charge >= 0.3 is 5.97 Å². The van der Waals surface area contributed by atoms with Gasteiger partial charge in [-0.15, -0.1) is 0 Å². The number of esters is 1. The van der Waals surface area contributed by atoms with E-state index in [9.17, 15) is 4.79 Å². The second kappa shape index (κ2) is 4.26. The summed E-state index contributed by atoms with van der Waals surface area (Å²) in [5.74, 6) is 0.226. The number of hydrogen-bond donors (Lipinski definition) is 0. The Morgan fingerprint density at radius 2 is 2.38 bits per heavy atom. The van der Waals surface area contributed by atoms with Crippen LogP contribution in [0, 0.1) is 6.92 Å². The third kappa shape index (κ3) is 2.00. The fourth-order valence-corrected chi connectivity index (χ4v) is 1.49. The second-order valence-electron chi connectivity index (χ2n) is 3.34. The number of carbonyl (C=O) groups excluding carboxylic acids is 1. The Balaban J connectivity index is 2.35. The van der Waals surface area contributed by atoms with Crippen LogP contribution in [0.4, 0.5) is 0 Å². The fourth-order valence-electron chi connectivity index (χ4n) is 1.49. The Morgan fingerprint density at radius 1 is 1.56 bits per heavy atom. The van der Waals surface area contributed by atoms with Crippen molar-refractivity contribution >= 4 is 11.7 Å². The second-order valence-corrected chi connectivity index (χ2v) is 3.34. The molecule has 0 radical (unpaired) electrons. The maximum atomic E-state index is 11.4. The molecule has 0 aliphatic rings. The fraction of sp³-hybridized carbons (Fsp3) is 0.400. The number of fused-ring (bicyclic) bond motifs is 1. The molecule has 0 bridgehead atoms. The van der Waals surface area contributed by atoms with Crippen molar-refractivity contribution in [2.24, 2.45) is 0 Å². The van der Waals surface area contributed by atoms with Crippen molar-refractivity contribution in [1.29, 1.82) is 0 Å². The standard InChI is InChI=1S/C10H12N4O2/c1-3-16-9(15)5-8-4-7(2)13-10-11-6-12-14(8)10/h4,6H,3,5H2,1-2H3. The molecule has 84 valence electrons. The summed E-state index contributed by atoms with van der Waals surface area (Å²) in [6, 6.07) is 1.80. The average Bonchev–Trinajstić information content (AvgIpc) is 2.65. The summed E-state index contributed by atoms with van der Waals surface area (Å²) < 4.78 is 6.44. The highest BCUT2D eigenvalue weighted by atomic mass is 16.5. The summed E-state index contributed by atoms with van der Waals surface area (Å²) in [6.45, 7) is 4.01. The van der Waals surface area contributed by atoms with E-state index in [0.29, 0.717) is 12.4 Å². The lowest BCUT2D eigenvalue weighted by molar-refractivity contribution is -0.142. The normalized spacial score (nSPS) is 10.6. The molecule has 0 aliphatic carbocycles. The molecule has 2 rings (SSSR count). The van der Waals surface area contributed by atoms with Gasteiger partial charge in [-0.1, -0.05) is 0 Å². The van der Waals surface area contributed by atoms with Crippen LogP contribution in [-0.2, 0) is 16.0 Å². The van der Waals surface area contributed by atoms with E-state index in [2.05, 4.69) is 15.1 Å². The Bertz CT molecular complexity index is 521. The van der Waals surface area contributed by atoms with Crippen molar-refractivity contribution in [3.63, 3.8) is 0 Å². The lowest BCUT2D eigenvalue weighted by atomic mass is 10.2. The minimum Gasteiger partial charge on any atom is -0.466 e. The van der Waals surface area contributed by atoms with Crippen LogP contribution in [0.1, 0.15) is 18.3 Å². The van der Waals surface area contributed by atoms with Gasteiger partial charge in [-0.05, 0) is 19.9 Å². The summed E-state index contributed by atoms with van der Waals surface area (Å²) in [6.07, 6.45) is 1.59. The predicted molar refractivity (Wildman–Crippen MR) is 55.9 cm³/mol. The van der Waals surface area contributed by atoms with Gasteiger partial charge in [-0.2, -0.15) is 10.1 Å². The molecule has 0 saturated carbocycles. The molecule has 0 aliphatic heterocycles. The molecule has 6 heteroatoms. The maximum Gasteiger partial charge on any atom is 0.311 e. The van der Waals surface area contributed by atoms with Gasteiger partial charge < -0.3 is 4.74 Å². The van der Waals surface area contributed by atoms with Gasteiger partial charge in [-0.25, -0.2) is 9.50 Å². The molecule has 0 unspecified atom stereocenters. The van der Waals surface area contributed by atoms with Crippen molar-refractivity contribution in [2.75, 3.05) is 6.61 Å². The first-order valence-electron chi connectivity index (χ1n) is 5.02.